The van der Waals surface area contributed by atoms with E-state index in [1.165, 1.54) is 25.7 Å². The number of ether oxygens (including phenoxy) is 2. The van der Waals surface area contributed by atoms with Crippen LogP contribution in [0.3, 0.4) is 0 Å². The second-order valence-corrected chi connectivity index (χ2v) is 5.30. The molecule has 0 aromatic carbocycles. The maximum absolute atomic E-state index is 5.49. The van der Waals surface area contributed by atoms with Crippen molar-refractivity contribution < 1.29 is 9.47 Å². The first kappa shape index (κ1) is 15.9. The molecule has 2 heteroatoms. The molecular weight excluding hydrogens is 200 g/mol. The second-order valence-electron chi connectivity index (χ2n) is 5.30. The molecule has 0 N–H and O–H groups in total. The molecule has 0 bridgehead atoms. The monoisotopic (exact) mass is 230 g/mol. The van der Waals surface area contributed by atoms with Gasteiger partial charge in [-0.2, -0.15) is 0 Å². The summed E-state index contributed by atoms with van der Waals surface area (Å²) in [5.74, 6) is 1.58. The Kier molecular flexibility index (Phi) is 11.3. The number of hydrogen-bond acceptors (Lipinski definition) is 2. The summed E-state index contributed by atoms with van der Waals surface area (Å²) in [4.78, 5) is 0. The van der Waals surface area contributed by atoms with Gasteiger partial charge in [0.25, 0.3) is 0 Å². The minimum atomic E-state index is 0.750. The van der Waals surface area contributed by atoms with Gasteiger partial charge in [-0.1, -0.05) is 27.7 Å². The Morgan fingerprint density at radius 2 is 1.00 bits per heavy atom. The van der Waals surface area contributed by atoms with Crippen molar-refractivity contribution in [3.05, 3.63) is 0 Å². The SMILES string of the molecule is CC(C)CCCOCCOCCCC(C)C. The van der Waals surface area contributed by atoms with Crippen LogP contribution in [0.2, 0.25) is 0 Å². The first-order valence-corrected chi connectivity index (χ1v) is 6.78. The minimum Gasteiger partial charge on any atom is -0.379 e. The lowest BCUT2D eigenvalue weighted by Gasteiger charge is -2.07. The molecule has 0 spiro atoms. The van der Waals surface area contributed by atoms with Crippen molar-refractivity contribution in [2.24, 2.45) is 11.8 Å². The fourth-order valence-corrected chi connectivity index (χ4v) is 1.51. The van der Waals surface area contributed by atoms with E-state index in [0.717, 1.165) is 38.3 Å². The molecule has 0 fully saturated rings. The van der Waals surface area contributed by atoms with Gasteiger partial charge in [-0.05, 0) is 37.5 Å². The van der Waals surface area contributed by atoms with Gasteiger partial charge in [0.05, 0.1) is 13.2 Å². The van der Waals surface area contributed by atoms with Crippen LogP contribution in [0.15, 0.2) is 0 Å². The Balaban J connectivity index is 2.93. The summed E-state index contributed by atoms with van der Waals surface area (Å²) in [5, 5.41) is 0. The summed E-state index contributed by atoms with van der Waals surface area (Å²) in [6.07, 6.45) is 4.86. The first-order chi connectivity index (χ1) is 7.63. The molecule has 0 saturated heterocycles. The highest BCUT2D eigenvalue weighted by atomic mass is 16.5. The molecule has 0 amide bonds. The molecule has 16 heavy (non-hydrogen) atoms. The maximum Gasteiger partial charge on any atom is 0.0700 e. The van der Waals surface area contributed by atoms with Crippen LogP contribution in [-0.2, 0) is 9.47 Å². The lowest BCUT2D eigenvalue weighted by atomic mass is 10.1. The second kappa shape index (κ2) is 11.4. The summed E-state index contributed by atoms with van der Waals surface area (Å²) in [6.45, 7) is 12.3. The van der Waals surface area contributed by atoms with Crippen molar-refractivity contribution >= 4 is 0 Å². The fourth-order valence-electron chi connectivity index (χ4n) is 1.51. The van der Waals surface area contributed by atoms with Crippen molar-refractivity contribution in [2.75, 3.05) is 26.4 Å². The van der Waals surface area contributed by atoms with Gasteiger partial charge in [0.15, 0.2) is 0 Å². The molecule has 0 aromatic rings. The molecule has 0 aliphatic heterocycles. The predicted octanol–water partition coefficient (Wildman–Crippen LogP) is 3.89. The van der Waals surface area contributed by atoms with E-state index in [-0.39, 0.29) is 0 Å². The van der Waals surface area contributed by atoms with Crippen LogP contribution >= 0.6 is 0 Å². The van der Waals surface area contributed by atoms with Gasteiger partial charge in [0, 0.05) is 13.2 Å². The van der Waals surface area contributed by atoms with Crippen molar-refractivity contribution in [1.29, 1.82) is 0 Å². The van der Waals surface area contributed by atoms with Gasteiger partial charge in [-0.25, -0.2) is 0 Å². The highest BCUT2D eigenvalue weighted by Gasteiger charge is 1.95. The zero-order chi connectivity index (χ0) is 12.2. The summed E-state index contributed by atoms with van der Waals surface area (Å²) in [6, 6.07) is 0. The molecule has 0 aliphatic carbocycles. The van der Waals surface area contributed by atoms with E-state index in [4.69, 9.17) is 9.47 Å². The third kappa shape index (κ3) is 13.9. The number of rotatable bonds is 11. The van der Waals surface area contributed by atoms with E-state index in [2.05, 4.69) is 27.7 Å². The zero-order valence-corrected chi connectivity index (χ0v) is 11.6. The lowest BCUT2D eigenvalue weighted by molar-refractivity contribution is 0.0437. The standard InChI is InChI=1S/C14H30O2/c1-13(2)7-5-9-15-11-12-16-10-6-8-14(3)4/h13-14H,5-12H2,1-4H3. The fraction of sp³-hybridized carbons (Fsp3) is 1.00. The van der Waals surface area contributed by atoms with E-state index < -0.39 is 0 Å². The van der Waals surface area contributed by atoms with E-state index in [9.17, 15) is 0 Å². The molecule has 0 aliphatic rings. The Morgan fingerprint density at radius 1 is 0.625 bits per heavy atom. The van der Waals surface area contributed by atoms with Gasteiger partial charge >= 0.3 is 0 Å². The van der Waals surface area contributed by atoms with Gasteiger partial charge in [0.1, 0.15) is 0 Å². The molecule has 0 rings (SSSR count). The topological polar surface area (TPSA) is 18.5 Å². The van der Waals surface area contributed by atoms with Crippen molar-refractivity contribution in [3.63, 3.8) is 0 Å². The predicted molar refractivity (Wildman–Crippen MR) is 69.8 cm³/mol. The third-order valence-electron chi connectivity index (χ3n) is 2.51. The van der Waals surface area contributed by atoms with Crippen LogP contribution in [0.5, 0.6) is 0 Å². The van der Waals surface area contributed by atoms with Gasteiger partial charge in [0.2, 0.25) is 0 Å². The third-order valence-corrected chi connectivity index (χ3v) is 2.51. The molecular formula is C14H30O2. The number of hydrogen-bond donors (Lipinski definition) is 0. The smallest absolute Gasteiger partial charge is 0.0700 e. The Morgan fingerprint density at radius 3 is 1.31 bits per heavy atom. The van der Waals surface area contributed by atoms with E-state index >= 15 is 0 Å². The summed E-state index contributed by atoms with van der Waals surface area (Å²) in [5.41, 5.74) is 0. The largest absolute Gasteiger partial charge is 0.379 e. The van der Waals surface area contributed by atoms with Crippen LogP contribution in [-0.4, -0.2) is 26.4 Å². The van der Waals surface area contributed by atoms with Crippen molar-refractivity contribution in [2.45, 2.75) is 53.4 Å². The first-order valence-electron chi connectivity index (χ1n) is 6.78. The van der Waals surface area contributed by atoms with Crippen molar-refractivity contribution in [3.8, 4) is 0 Å². The van der Waals surface area contributed by atoms with Crippen LogP contribution in [0.25, 0.3) is 0 Å². The van der Waals surface area contributed by atoms with Crippen molar-refractivity contribution in [1.82, 2.24) is 0 Å². The van der Waals surface area contributed by atoms with E-state index in [1.807, 2.05) is 0 Å². The average molecular weight is 230 g/mol. The minimum absolute atomic E-state index is 0.750. The Labute approximate surface area is 102 Å². The normalized spacial score (nSPS) is 11.6. The molecule has 0 unspecified atom stereocenters. The molecule has 0 radical (unpaired) electrons. The average Bonchev–Trinajstić information content (AvgIpc) is 2.20. The molecule has 0 heterocycles. The van der Waals surface area contributed by atoms with Crippen LogP contribution in [0.4, 0.5) is 0 Å². The van der Waals surface area contributed by atoms with Crippen LogP contribution in [0.1, 0.15) is 53.4 Å². The lowest BCUT2D eigenvalue weighted by Crippen LogP contribution is -2.07. The van der Waals surface area contributed by atoms with Gasteiger partial charge < -0.3 is 9.47 Å². The summed E-state index contributed by atoms with van der Waals surface area (Å²) in [7, 11) is 0. The quantitative estimate of drug-likeness (QED) is 0.501. The molecule has 0 aromatic heterocycles. The molecule has 0 saturated carbocycles. The maximum atomic E-state index is 5.49. The van der Waals surface area contributed by atoms with E-state index in [0.29, 0.717) is 0 Å². The molecule has 2 nitrogen and oxygen atoms in total. The van der Waals surface area contributed by atoms with Crippen LogP contribution in [0, 0.1) is 11.8 Å². The highest BCUT2D eigenvalue weighted by Crippen LogP contribution is 2.04. The molecule has 98 valence electrons. The Bertz CT molecular complexity index is 117. The van der Waals surface area contributed by atoms with Gasteiger partial charge in [-0.3, -0.25) is 0 Å². The van der Waals surface area contributed by atoms with Gasteiger partial charge in [-0.15, -0.1) is 0 Å². The summed E-state index contributed by atoms with van der Waals surface area (Å²) < 4.78 is 11.0. The van der Waals surface area contributed by atoms with E-state index in [1.54, 1.807) is 0 Å². The summed E-state index contributed by atoms with van der Waals surface area (Å²) >= 11 is 0. The zero-order valence-electron chi connectivity index (χ0n) is 11.6. The van der Waals surface area contributed by atoms with Crippen LogP contribution < -0.4 is 0 Å². The molecule has 0 atom stereocenters. The Hall–Kier alpha value is -0.0800. The highest BCUT2D eigenvalue weighted by molar-refractivity contribution is 4.46.